The molecule has 14 heavy (non-hydrogen) atoms. The maximum absolute atomic E-state index is 4.40. The second-order valence-electron chi connectivity index (χ2n) is 4.55. The molecule has 1 atom stereocenters. The number of nitrogens with zero attached hydrogens (tertiary/aromatic N) is 3. The van der Waals surface area contributed by atoms with Crippen molar-refractivity contribution in [1.82, 2.24) is 14.7 Å². The predicted molar refractivity (Wildman–Crippen MR) is 56.9 cm³/mol. The molecule has 1 aliphatic heterocycles. The summed E-state index contributed by atoms with van der Waals surface area (Å²) in [4.78, 5) is 2.52. The molecule has 0 bridgehead atoms. The third-order valence-electron chi connectivity index (χ3n) is 3.08. The highest BCUT2D eigenvalue weighted by Crippen LogP contribution is 2.25. The Morgan fingerprint density at radius 1 is 1.57 bits per heavy atom. The van der Waals surface area contributed by atoms with Crippen LogP contribution < -0.4 is 0 Å². The van der Waals surface area contributed by atoms with E-state index in [9.17, 15) is 0 Å². The van der Waals surface area contributed by atoms with E-state index in [1.807, 2.05) is 17.9 Å². The van der Waals surface area contributed by atoms with Gasteiger partial charge in [-0.2, -0.15) is 5.10 Å². The number of aromatic nitrogens is 2. The van der Waals surface area contributed by atoms with Crippen molar-refractivity contribution < 1.29 is 0 Å². The summed E-state index contributed by atoms with van der Waals surface area (Å²) in [6.45, 7) is 6.85. The second-order valence-corrected chi connectivity index (χ2v) is 4.55. The summed E-state index contributed by atoms with van der Waals surface area (Å²) in [6, 6.07) is 2.88. The summed E-state index contributed by atoms with van der Waals surface area (Å²) in [6.07, 6.45) is 3.37. The van der Waals surface area contributed by atoms with Crippen LogP contribution in [0, 0.1) is 5.92 Å². The molecule has 1 aromatic rings. The van der Waals surface area contributed by atoms with Gasteiger partial charge in [-0.25, -0.2) is 0 Å². The van der Waals surface area contributed by atoms with Crippen LogP contribution in [-0.4, -0.2) is 27.3 Å². The number of hydrogen-bond donors (Lipinski definition) is 0. The van der Waals surface area contributed by atoms with Gasteiger partial charge in [-0.15, -0.1) is 0 Å². The first-order valence-electron chi connectivity index (χ1n) is 5.39. The molecule has 3 heteroatoms. The van der Waals surface area contributed by atoms with E-state index in [0.717, 1.165) is 18.5 Å². The van der Waals surface area contributed by atoms with Gasteiger partial charge in [0.1, 0.15) is 0 Å². The van der Waals surface area contributed by atoms with Gasteiger partial charge in [0.15, 0.2) is 0 Å². The Morgan fingerprint density at radius 2 is 2.36 bits per heavy atom. The van der Waals surface area contributed by atoms with Crippen LogP contribution in [0.2, 0.25) is 0 Å². The Balaban J connectivity index is 1.92. The summed E-state index contributed by atoms with van der Waals surface area (Å²) in [5.74, 6) is 0.771. The van der Waals surface area contributed by atoms with Crippen molar-refractivity contribution in [2.45, 2.75) is 32.9 Å². The van der Waals surface area contributed by atoms with Gasteiger partial charge in [-0.05, 0) is 18.4 Å². The first-order chi connectivity index (χ1) is 6.66. The van der Waals surface area contributed by atoms with Gasteiger partial charge < -0.3 is 0 Å². The van der Waals surface area contributed by atoms with E-state index in [0.29, 0.717) is 0 Å². The van der Waals surface area contributed by atoms with Gasteiger partial charge in [0.25, 0.3) is 0 Å². The van der Waals surface area contributed by atoms with Crippen LogP contribution in [0.1, 0.15) is 26.0 Å². The van der Waals surface area contributed by atoms with Crippen molar-refractivity contribution in [1.29, 1.82) is 0 Å². The molecule has 3 nitrogen and oxygen atoms in total. The smallest absolute Gasteiger partial charge is 0.0764 e. The molecule has 1 unspecified atom stereocenters. The van der Waals surface area contributed by atoms with E-state index < -0.39 is 0 Å². The summed E-state index contributed by atoms with van der Waals surface area (Å²) in [5.41, 5.74) is 1.19. The van der Waals surface area contributed by atoms with Crippen molar-refractivity contribution in [3.8, 4) is 0 Å². The first kappa shape index (κ1) is 9.71. The Labute approximate surface area is 85.7 Å². The van der Waals surface area contributed by atoms with Crippen LogP contribution in [0.3, 0.4) is 0 Å². The first-order valence-corrected chi connectivity index (χ1v) is 5.39. The summed E-state index contributed by atoms with van der Waals surface area (Å²) in [5, 5.41) is 4.40. The van der Waals surface area contributed by atoms with E-state index >= 15 is 0 Å². The minimum absolute atomic E-state index is 0.771. The summed E-state index contributed by atoms with van der Waals surface area (Å²) >= 11 is 0. The molecule has 2 heterocycles. The highest BCUT2D eigenvalue weighted by Gasteiger charge is 2.30. The molecule has 1 aromatic heterocycles. The van der Waals surface area contributed by atoms with Crippen LogP contribution in [-0.2, 0) is 13.6 Å². The second kappa shape index (κ2) is 3.73. The summed E-state index contributed by atoms with van der Waals surface area (Å²) in [7, 11) is 1.97. The van der Waals surface area contributed by atoms with Gasteiger partial charge in [0.2, 0.25) is 0 Å². The number of hydrogen-bond acceptors (Lipinski definition) is 2. The standard InChI is InChI=1S/C11H19N3/c1-9(2)11-5-7-14(11)8-10-4-6-13(3)12-10/h4,6,9,11H,5,7-8H2,1-3H3. The van der Waals surface area contributed by atoms with Crippen LogP contribution in [0.5, 0.6) is 0 Å². The Hall–Kier alpha value is -0.830. The van der Waals surface area contributed by atoms with Crippen molar-refractivity contribution in [2.24, 2.45) is 13.0 Å². The zero-order valence-corrected chi connectivity index (χ0v) is 9.27. The Bertz CT molecular complexity index is 303. The summed E-state index contributed by atoms with van der Waals surface area (Å²) < 4.78 is 1.87. The predicted octanol–water partition coefficient (Wildman–Crippen LogP) is 1.65. The van der Waals surface area contributed by atoms with Crippen LogP contribution in [0.25, 0.3) is 0 Å². The third-order valence-corrected chi connectivity index (χ3v) is 3.08. The van der Waals surface area contributed by atoms with Gasteiger partial charge >= 0.3 is 0 Å². The molecule has 0 saturated carbocycles. The maximum atomic E-state index is 4.40. The lowest BCUT2D eigenvalue weighted by Crippen LogP contribution is -2.49. The largest absolute Gasteiger partial charge is 0.294 e. The van der Waals surface area contributed by atoms with E-state index in [4.69, 9.17) is 0 Å². The molecule has 1 aliphatic rings. The van der Waals surface area contributed by atoms with Crippen LogP contribution >= 0.6 is 0 Å². The van der Waals surface area contributed by atoms with E-state index in [-0.39, 0.29) is 0 Å². The Kier molecular flexibility index (Phi) is 2.59. The average Bonchev–Trinajstić information content (AvgIpc) is 2.44. The van der Waals surface area contributed by atoms with E-state index in [2.05, 4.69) is 29.9 Å². The minimum atomic E-state index is 0.771. The fourth-order valence-electron chi connectivity index (χ4n) is 2.17. The molecule has 0 aromatic carbocycles. The topological polar surface area (TPSA) is 21.1 Å². The van der Waals surface area contributed by atoms with Crippen molar-refractivity contribution in [3.63, 3.8) is 0 Å². The minimum Gasteiger partial charge on any atom is -0.294 e. The van der Waals surface area contributed by atoms with Crippen molar-refractivity contribution in [2.75, 3.05) is 6.54 Å². The van der Waals surface area contributed by atoms with Crippen LogP contribution in [0.15, 0.2) is 12.3 Å². The number of aryl methyl sites for hydroxylation is 1. The molecule has 0 aliphatic carbocycles. The molecule has 0 N–H and O–H groups in total. The number of likely N-dealkylation sites (tertiary alicyclic amines) is 1. The van der Waals surface area contributed by atoms with Gasteiger partial charge in [0.05, 0.1) is 5.69 Å². The molecule has 2 rings (SSSR count). The van der Waals surface area contributed by atoms with Gasteiger partial charge in [-0.3, -0.25) is 9.58 Å². The fraction of sp³-hybridized carbons (Fsp3) is 0.727. The van der Waals surface area contributed by atoms with Crippen molar-refractivity contribution >= 4 is 0 Å². The quantitative estimate of drug-likeness (QED) is 0.728. The molecule has 1 fully saturated rings. The van der Waals surface area contributed by atoms with Gasteiger partial charge in [-0.1, -0.05) is 13.8 Å². The molecule has 0 radical (unpaired) electrons. The fourth-order valence-corrected chi connectivity index (χ4v) is 2.17. The average molecular weight is 193 g/mol. The number of rotatable bonds is 3. The van der Waals surface area contributed by atoms with Gasteiger partial charge in [0, 0.05) is 32.4 Å². The molecule has 1 saturated heterocycles. The zero-order valence-electron chi connectivity index (χ0n) is 9.27. The van der Waals surface area contributed by atoms with E-state index in [1.165, 1.54) is 18.7 Å². The molecular weight excluding hydrogens is 174 g/mol. The maximum Gasteiger partial charge on any atom is 0.0764 e. The highest BCUT2D eigenvalue weighted by atomic mass is 15.3. The third kappa shape index (κ3) is 1.82. The monoisotopic (exact) mass is 193 g/mol. The lowest BCUT2D eigenvalue weighted by molar-refractivity contribution is 0.0469. The molecule has 0 spiro atoms. The molecular formula is C11H19N3. The van der Waals surface area contributed by atoms with Crippen molar-refractivity contribution in [3.05, 3.63) is 18.0 Å². The molecule has 0 amide bonds. The highest BCUT2D eigenvalue weighted by molar-refractivity contribution is 5.00. The Morgan fingerprint density at radius 3 is 2.79 bits per heavy atom. The molecule has 78 valence electrons. The normalized spacial score (nSPS) is 22.7. The van der Waals surface area contributed by atoms with E-state index in [1.54, 1.807) is 0 Å². The zero-order chi connectivity index (χ0) is 10.1. The lowest BCUT2D eigenvalue weighted by atomic mass is 9.92. The lowest BCUT2D eigenvalue weighted by Gasteiger charge is -2.43. The SMILES string of the molecule is CC(C)C1CCN1Cc1ccn(C)n1. The van der Waals surface area contributed by atoms with Crippen LogP contribution in [0.4, 0.5) is 0 Å².